The fraction of sp³-hybridized carbons (Fsp3) is 0.697. The van der Waals surface area contributed by atoms with Crippen LogP contribution in [0.3, 0.4) is 0 Å². The van der Waals surface area contributed by atoms with Gasteiger partial charge in [0, 0.05) is 48.2 Å². The Balaban J connectivity index is 1.14. The van der Waals surface area contributed by atoms with Crippen molar-refractivity contribution in [1.82, 2.24) is 0 Å². The molecule has 1 spiro atoms. The minimum atomic E-state index is -0.326. The molecule has 6 nitrogen and oxygen atoms in total. The van der Waals surface area contributed by atoms with E-state index in [2.05, 4.69) is 72.0 Å². The molecule has 2 aliphatic heterocycles. The summed E-state index contributed by atoms with van der Waals surface area (Å²) in [4.78, 5) is 0. The van der Waals surface area contributed by atoms with Crippen molar-refractivity contribution in [2.75, 3.05) is 26.4 Å². The van der Waals surface area contributed by atoms with Gasteiger partial charge in [-0.2, -0.15) is 0 Å². The van der Waals surface area contributed by atoms with Crippen molar-refractivity contribution in [3.8, 4) is 0 Å². The second kappa shape index (κ2) is 16.4. The van der Waals surface area contributed by atoms with Crippen molar-refractivity contribution < 1.29 is 28.1 Å². The Kier molecular flexibility index (Phi) is 12.7. The molecule has 0 N–H and O–H groups in total. The monoisotopic (exact) mass is 540 g/mol. The number of hydrogen-bond acceptors (Lipinski definition) is 4. The van der Waals surface area contributed by atoms with E-state index in [0.29, 0.717) is 26.4 Å². The third-order valence-electron chi connectivity index (χ3n) is 8.08. The van der Waals surface area contributed by atoms with E-state index in [1.54, 1.807) is 0 Å². The molecule has 4 heterocycles. The van der Waals surface area contributed by atoms with E-state index in [-0.39, 0.29) is 18.0 Å². The first-order valence-electron chi connectivity index (χ1n) is 15.7. The minimum absolute atomic E-state index is 0.244. The molecule has 0 radical (unpaired) electrons. The van der Waals surface area contributed by atoms with Gasteiger partial charge >= 0.3 is 0 Å². The van der Waals surface area contributed by atoms with Crippen LogP contribution < -0.4 is 9.13 Å². The van der Waals surface area contributed by atoms with Gasteiger partial charge in [-0.05, 0) is 12.8 Å². The molecule has 4 rings (SSSR count). The second-order valence-corrected chi connectivity index (χ2v) is 11.7. The Labute approximate surface area is 236 Å². The van der Waals surface area contributed by atoms with E-state index in [9.17, 15) is 0 Å². The lowest BCUT2D eigenvalue weighted by Gasteiger charge is -2.43. The average Bonchev–Trinajstić information content (AvgIpc) is 2.98. The van der Waals surface area contributed by atoms with Crippen LogP contribution in [0.1, 0.15) is 115 Å². The van der Waals surface area contributed by atoms with E-state index in [1.807, 2.05) is 0 Å². The third kappa shape index (κ3) is 9.63. The first-order valence-corrected chi connectivity index (χ1v) is 15.7. The first kappa shape index (κ1) is 30.1. The summed E-state index contributed by atoms with van der Waals surface area (Å²) >= 11 is 0. The number of aryl methyl sites for hydroxylation is 2. The van der Waals surface area contributed by atoms with Crippen molar-refractivity contribution in [3.05, 3.63) is 60.2 Å². The van der Waals surface area contributed by atoms with Crippen molar-refractivity contribution >= 4 is 0 Å². The molecule has 39 heavy (non-hydrogen) atoms. The minimum Gasteiger partial charge on any atom is -0.348 e. The van der Waals surface area contributed by atoms with Crippen LogP contribution in [-0.2, 0) is 32.0 Å². The molecule has 0 atom stereocenters. The number of rotatable bonds is 16. The lowest BCUT2D eigenvalue weighted by atomic mass is 9.90. The van der Waals surface area contributed by atoms with Gasteiger partial charge in [-0.15, -0.1) is 0 Å². The highest BCUT2D eigenvalue weighted by Gasteiger charge is 2.42. The molecule has 0 bridgehead atoms. The Morgan fingerprint density at radius 1 is 0.538 bits per heavy atom. The molecule has 216 valence electrons. The van der Waals surface area contributed by atoms with Crippen LogP contribution >= 0.6 is 0 Å². The van der Waals surface area contributed by atoms with Gasteiger partial charge in [0.15, 0.2) is 37.4 Å². The lowest BCUT2D eigenvalue weighted by molar-refractivity contribution is -0.697. The van der Waals surface area contributed by atoms with Crippen LogP contribution in [0.2, 0.25) is 0 Å². The Morgan fingerprint density at radius 2 is 0.872 bits per heavy atom. The second-order valence-electron chi connectivity index (χ2n) is 11.7. The molecule has 2 fully saturated rings. The maximum atomic E-state index is 6.16. The Morgan fingerprint density at radius 3 is 1.23 bits per heavy atom. The zero-order valence-corrected chi connectivity index (χ0v) is 24.5. The molecule has 6 heteroatoms. The van der Waals surface area contributed by atoms with E-state index < -0.39 is 0 Å². The summed E-state index contributed by atoms with van der Waals surface area (Å²) in [5.74, 6) is 0. The lowest BCUT2D eigenvalue weighted by Crippen LogP contribution is -2.49. The van der Waals surface area contributed by atoms with Crippen molar-refractivity contribution in [3.63, 3.8) is 0 Å². The summed E-state index contributed by atoms with van der Waals surface area (Å²) in [6.45, 7) is 8.96. The molecule has 2 aromatic rings. The number of aromatic nitrogens is 2. The van der Waals surface area contributed by atoms with Crippen molar-refractivity contribution in [1.29, 1.82) is 0 Å². The highest BCUT2D eigenvalue weighted by Crippen LogP contribution is 2.37. The fourth-order valence-corrected chi connectivity index (χ4v) is 5.44. The standard InChI is InChI=1S/C33H52N2O4/c1-3-5-7-9-11-13-19-34-21-15-29(16-22-34)31-36-25-33(26-37-31)27-38-32(39-28-33)30-17-23-35(24-18-30)20-14-12-10-8-6-4-2/h15-18,21-24,31-32H,3-14,19-20,25-28H2,1-2H3/q+2. The van der Waals surface area contributed by atoms with Gasteiger partial charge in [0.2, 0.25) is 0 Å². The summed E-state index contributed by atoms with van der Waals surface area (Å²) in [7, 11) is 0. The van der Waals surface area contributed by atoms with Gasteiger partial charge < -0.3 is 18.9 Å². The number of hydrogen-bond donors (Lipinski definition) is 0. The summed E-state index contributed by atoms with van der Waals surface area (Å²) in [6.07, 6.45) is 23.7. The van der Waals surface area contributed by atoms with Crippen LogP contribution in [0.5, 0.6) is 0 Å². The molecule has 2 aliphatic rings. The molecular weight excluding hydrogens is 488 g/mol. The predicted octanol–water partition coefficient (Wildman–Crippen LogP) is 6.76. The van der Waals surface area contributed by atoms with Gasteiger partial charge in [-0.1, -0.05) is 65.2 Å². The van der Waals surface area contributed by atoms with Crippen molar-refractivity contribution in [2.45, 2.75) is 117 Å². The van der Waals surface area contributed by atoms with Crippen LogP contribution in [0, 0.1) is 5.41 Å². The van der Waals surface area contributed by atoms with E-state index in [1.165, 1.54) is 77.0 Å². The van der Waals surface area contributed by atoms with Gasteiger partial charge in [0.25, 0.3) is 0 Å². The maximum absolute atomic E-state index is 6.16. The topological polar surface area (TPSA) is 44.7 Å². The van der Waals surface area contributed by atoms with Crippen LogP contribution in [-0.4, -0.2) is 26.4 Å². The summed E-state index contributed by atoms with van der Waals surface area (Å²) < 4.78 is 29.2. The summed E-state index contributed by atoms with van der Waals surface area (Å²) in [5.41, 5.74) is 1.89. The van der Waals surface area contributed by atoms with E-state index in [0.717, 1.165) is 24.2 Å². The van der Waals surface area contributed by atoms with Gasteiger partial charge in [0.1, 0.15) is 13.1 Å². The normalized spacial score (nSPS) is 23.3. The molecule has 2 aromatic heterocycles. The highest BCUT2D eigenvalue weighted by molar-refractivity contribution is 5.11. The highest BCUT2D eigenvalue weighted by atomic mass is 16.7. The smallest absolute Gasteiger partial charge is 0.184 e. The zero-order valence-electron chi connectivity index (χ0n) is 24.5. The quantitative estimate of drug-likeness (QED) is 0.174. The molecule has 0 amide bonds. The Hall–Kier alpha value is -1.86. The van der Waals surface area contributed by atoms with E-state index in [4.69, 9.17) is 18.9 Å². The van der Waals surface area contributed by atoms with Crippen LogP contribution in [0.25, 0.3) is 0 Å². The van der Waals surface area contributed by atoms with Crippen molar-refractivity contribution in [2.24, 2.45) is 5.41 Å². The number of unbranched alkanes of at least 4 members (excludes halogenated alkanes) is 10. The molecule has 0 saturated carbocycles. The van der Waals surface area contributed by atoms with Gasteiger partial charge in [0.05, 0.1) is 31.8 Å². The number of pyridine rings is 2. The first-order chi connectivity index (χ1) is 19.2. The molecule has 0 unspecified atom stereocenters. The summed E-state index contributed by atoms with van der Waals surface area (Å²) in [5, 5.41) is 0. The fourth-order valence-electron chi connectivity index (χ4n) is 5.44. The van der Waals surface area contributed by atoms with Crippen LogP contribution in [0.15, 0.2) is 49.1 Å². The number of nitrogens with zero attached hydrogens (tertiary/aromatic N) is 2. The SMILES string of the molecule is CCCCCCCC[n+]1ccc(C2OCC3(CO2)COC(c2cc[n+](CCCCCCCC)cc2)OC3)cc1. The predicted molar refractivity (Wildman–Crippen MR) is 152 cm³/mol. The largest absolute Gasteiger partial charge is 0.348 e. The number of ether oxygens (including phenoxy) is 4. The van der Waals surface area contributed by atoms with Crippen LogP contribution in [0.4, 0.5) is 0 Å². The summed E-state index contributed by atoms with van der Waals surface area (Å²) in [6, 6.07) is 8.49. The Bertz CT molecular complexity index is 837. The van der Waals surface area contributed by atoms with Gasteiger partial charge in [-0.3, -0.25) is 0 Å². The third-order valence-corrected chi connectivity index (χ3v) is 8.08. The van der Waals surface area contributed by atoms with E-state index >= 15 is 0 Å². The maximum Gasteiger partial charge on any atom is 0.184 e. The molecular formula is C33H52N2O4+2. The molecule has 0 aromatic carbocycles. The average molecular weight is 541 g/mol. The van der Waals surface area contributed by atoms with Gasteiger partial charge in [-0.25, -0.2) is 9.13 Å². The molecule has 2 saturated heterocycles. The zero-order chi connectivity index (χ0) is 27.2. The molecule has 0 aliphatic carbocycles.